The van der Waals surface area contributed by atoms with Gasteiger partial charge in [-0.05, 0) is 42.3 Å². The first kappa shape index (κ1) is 22.8. The average molecular weight is 503 g/mol. The summed E-state index contributed by atoms with van der Waals surface area (Å²) in [6.07, 6.45) is 2.03. The van der Waals surface area contributed by atoms with Crippen molar-refractivity contribution in [1.29, 1.82) is 0 Å². The highest BCUT2D eigenvalue weighted by atomic mass is 16.2. The van der Waals surface area contributed by atoms with Crippen molar-refractivity contribution in [3.8, 4) is 0 Å². The lowest BCUT2D eigenvalue weighted by molar-refractivity contribution is -0.144. The first-order valence-electron chi connectivity index (χ1n) is 13.0. The van der Waals surface area contributed by atoms with Gasteiger partial charge in [0.15, 0.2) is 0 Å². The first-order chi connectivity index (χ1) is 18.3. The second-order valence-electron chi connectivity index (χ2n) is 11.1. The topological polar surface area (TPSA) is 74.8 Å². The number of aryl methyl sites for hydroxylation is 1. The van der Waals surface area contributed by atoms with Crippen LogP contribution < -0.4 is 9.80 Å². The lowest BCUT2D eigenvalue weighted by atomic mass is 9.45. The summed E-state index contributed by atoms with van der Waals surface area (Å²) in [5, 5.41) is 0. The van der Waals surface area contributed by atoms with Crippen molar-refractivity contribution in [3.05, 3.63) is 102 Å². The summed E-state index contributed by atoms with van der Waals surface area (Å²) in [6.45, 7) is 3.90. The zero-order valence-corrected chi connectivity index (χ0v) is 21.1. The van der Waals surface area contributed by atoms with Gasteiger partial charge in [0.05, 0.1) is 35.0 Å². The van der Waals surface area contributed by atoms with Crippen LogP contribution in [0.2, 0.25) is 0 Å². The third-order valence-corrected chi connectivity index (χ3v) is 9.06. The summed E-state index contributed by atoms with van der Waals surface area (Å²) in [4.78, 5) is 58.8. The Kier molecular flexibility index (Phi) is 4.71. The molecule has 2 unspecified atom stereocenters. The molecule has 0 N–H and O–H groups in total. The van der Waals surface area contributed by atoms with Gasteiger partial charge in [0, 0.05) is 11.3 Å². The fourth-order valence-corrected chi connectivity index (χ4v) is 7.51. The van der Waals surface area contributed by atoms with E-state index in [0.717, 1.165) is 16.7 Å². The zero-order valence-electron chi connectivity index (χ0n) is 21.1. The van der Waals surface area contributed by atoms with Gasteiger partial charge < -0.3 is 0 Å². The van der Waals surface area contributed by atoms with E-state index in [1.165, 1.54) is 9.80 Å². The number of hydrogen-bond acceptors (Lipinski definition) is 4. The van der Waals surface area contributed by atoms with Gasteiger partial charge >= 0.3 is 0 Å². The second kappa shape index (κ2) is 7.84. The van der Waals surface area contributed by atoms with E-state index in [4.69, 9.17) is 0 Å². The molecule has 0 aromatic heterocycles. The predicted molar refractivity (Wildman–Crippen MR) is 143 cm³/mol. The molecule has 3 aromatic rings. The van der Waals surface area contributed by atoms with Crippen molar-refractivity contribution in [2.24, 2.45) is 35.0 Å². The molecular weight excluding hydrogens is 476 g/mol. The maximum absolute atomic E-state index is 14.1. The fraction of sp³-hybridized carbons (Fsp3) is 0.250. The van der Waals surface area contributed by atoms with Crippen molar-refractivity contribution in [1.82, 2.24) is 0 Å². The van der Waals surface area contributed by atoms with E-state index in [1.54, 1.807) is 48.5 Å². The second-order valence-corrected chi connectivity index (χ2v) is 11.1. The van der Waals surface area contributed by atoms with Gasteiger partial charge in [0.2, 0.25) is 23.6 Å². The molecule has 0 radical (unpaired) electrons. The van der Waals surface area contributed by atoms with E-state index in [9.17, 15) is 19.2 Å². The summed E-state index contributed by atoms with van der Waals surface area (Å²) >= 11 is 0. The molecule has 0 spiro atoms. The van der Waals surface area contributed by atoms with Crippen LogP contribution in [0, 0.1) is 41.9 Å². The Morgan fingerprint density at radius 3 is 1.47 bits per heavy atom. The van der Waals surface area contributed by atoms with Gasteiger partial charge in [-0.25, -0.2) is 0 Å². The first-order valence-corrected chi connectivity index (χ1v) is 13.0. The number of carbonyl (C=O) groups is 4. The highest BCUT2D eigenvalue weighted by molar-refractivity contribution is 6.27. The van der Waals surface area contributed by atoms with Crippen LogP contribution in [0.15, 0.2) is 91.0 Å². The molecule has 1 saturated carbocycles. The van der Waals surface area contributed by atoms with E-state index in [0.29, 0.717) is 11.4 Å². The van der Waals surface area contributed by atoms with Crippen molar-refractivity contribution >= 4 is 40.6 Å². The number of anilines is 2. The van der Waals surface area contributed by atoms with Crippen LogP contribution in [-0.4, -0.2) is 23.6 Å². The fourth-order valence-electron chi connectivity index (χ4n) is 7.51. The molecule has 4 amide bonds. The number of nitrogens with zero attached hydrogens (tertiary/aromatic N) is 2. The van der Waals surface area contributed by atoms with Gasteiger partial charge in [0.1, 0.15) is 0 Å². The van der Waals surface area contributed by atoms with Crippen molar-refractivity contribution in [2.45, 2.75) is 13.8 Å². The van der Waals surface area contributed by atoms with E-state index in [1.807, 2.05) is 56.3 Å². The summed E-state index contributed by atoms with van der Waals surface area (Å²) in [5.41, 5.74) is 2.93. The number of hydrogen-bond donors (Lipinski definition) is 0. The minimum Gasteiger partial charge on any atom is -0.274 e. The SMILES string of the molecule is Cc1ccc(C2=CC3(C)[C@@H]4C(=O)N(c5ccccc5)C(=O)[C@@H]4C2[C@@H]2C(=O)N(c4ccccc4)C(=O)[C@@H]23)cc1. The highest BCUT2D eigenvalue weighted by Crippen LogP contribution is 2.67. The summed E-state index contributed by atoms with van der Waals surface area (Å²) in [5.74, 6) is -4.64. The molecule has 188 valence electrons. The van der Waals surface area contributed by atoms with Gasteiger partial charge in [-0.15, -0.1) is 0 Å². The zero-order chi connectivity index (χ0) is 26.3. The third kappa shape index (κ3) is 2.83. The van der Waals surface area contributed by atoms with Gasteiger partial charge in [-0.2, -0.15) is 0 Å². The van der Waals surface area contributed by atoms with E-state index < -0.39 is 35.0 Å². The molecule has 6 heteroatoms. The number of para-hydroxylation sites is 2. The molecule has 38 heavy (non-hydrogen) atoms. The maximum Gasteiger partial charge on any atom is 0.238 e. The molecule has 2 saturated heterocycles. The third-order valence-electron chi connectivity index (χ3n) is 9.06. The van der Waals surface area contributed by atoms with Crippen LogP contribution in [-0.2, 0) is 19.2 Å². The van der Waals surface area contributed by atoms with Crippen LogP contribution in [0.1, 0.15) is 18.1 Å². The number of rotatable bonds is 3. The van der Waals surface area contributed by atoms with Crippen molar-refractivity contribution < 1.29 is 19.2 Å². The molecule has 3 aliphatic carbocycles. The molecule has 3 fully saturated rings. The normalized spacial score (nSPS) is 31.5. The summed E-state index contributed by atoms with van der Waals surface area (Å²) in [7, 11) is 0. The minimum absolute atomic E-state index is 0.294. The van der Waals surface area contributed by atoms with Crippen LogP contribution in [0.5, 0.6) is 0 Å². The predicted octanol–water partition coefficient (Wildman–Crippen LogP) is 4.64. The molecule has 2 bridgehead atoms. The number of allylic oxidation sites excluding steroid dienone is 2. The van der Waals surface area contributed by atoms with Crippen molar-refractivity contribution in [2.75, 3.05) is 9.80 Å². The molecular formula is C32H26N2O4. The molecule has 2 aliphatic heterocycles. The lowest BCUT2D eigenvalue weighted by Gasteiger charge is -2.54. The van der Waals surface area contributed by atoms with Crippen LogP contribution in [0.4, 0.5) is 11.4 Å². The largest absolute Gasteiger partial charge is 0.274 e. The Labute approximate surface area is 220 Å². The number of imide groups is 2. The number of amides is 4. The molecule has 6 atom stereocenters. The standard InChI is InChI=1S/C32H26N2O4/c1-18-13-15-19(16-14-18)22-17-32(2)26-24(28(35)33(30(26)37)20-9-5-3-6-10-20)23(22)25-27(32)31(38)34(29(25)36)21-11-7-4-8-12-21/h3-17,23-27H,1-2H3/t23?,24-,25+,26+,27-,32?. The van der Waals surface area contributed by atoms with Gasteiger partial charge in [-0.3, -0.25) is 29.0 Å². The molecule has 3 aromatic carbocycles. The Balaban J connectivity index is 1.43. The smallest absolute Gasteiger partial charge is 0.238 e. The molecule has 5 aliphatic rings. The molecule has 8 rings (SSSR count). The van der Waals surface area contributed by atoms with E-state index >= 15 is 0 Å². The molecule has 2 heterocycles. The lowest BCUT2D eigenvalue weighted by Crippen LogP contribution is -2.57. The minimum atomic E-state index is -1.00. The number of carbonyl (C=O) groups excluding carboxylic acids is 4. The Bertz CT molecular complexity index is 1460. The quantitative estimate of drug-likeness (QED) is 0.489. The summed E-state index contributed by atoms with van der Waals surface area (Å²) in [6, 6.07) is 25.9. The Hall–Kier alpha value is -4.32. The van der Waals surface area contributed by atoms with E-state index in [2.05, 4.69) is 0 Å². The number of benzene rings is 3. The Morgan fingerprint density at radius 1 is 0.579 bits per heavy atom. The van der Waals surface area contributed by atoms with Crippen LogP contribution in [0.3, 0.4) is 0 Å². The van der Waals surface area contributed by atoms with Crippen molar-refractivity contribution in [3.63, 3.8) is 0 Å². The van der Waals surface area contributed by atoms with Gasteiger partial charge in [-0.1, -0.05) is 79.2 Å². The monoisotopic (exact) mass is 502 g/mol. The van der Waals surface area contributed by atoms with Crippen LogP contribution in [0.25, 0.3) is 5.57 Å². The van der Waals surface area contributed by atoms with Gasteiger partial charge in [0.25, 0.3) is 0 Å². The summed E-state index contributed by atoms with van der Waals surface area (Å²) < 4.78 is 0. The van der Waals surface area contributed by atoms with E-state index in [-0.39, 0.29) is 23.6 Å². The van der Waals surface area contributed by atoms with Crippen LogP contribution >= 0.6 is 0 Å². The average Bonchev–Trinajstić information content (AvgIpc) is 3.36. The highest BCUT2D eigenvalue weighted by Gasteiger charge is 2.74. The Morgan fingerprint density at radius 2 is 1.03 bits per heavy atom. The maximum atomic E-state index is 14.1. The molecule has 6 nitrogen and oxygen atoms in total.